The van der Waals surface area contributed by atoms with Crippen LogP contribution in [-0.4, -0.2) is 16.4 Å². The third-order valence-electron chi connectivity index (χ3n) is 3.83. The summed E-state index contributed by atoms with van der Waals surface area (Å²) in [7, 11) is 1.38. The van der Waals surface area contributed by atoms with Gasteiger partial charge in [0, 0.05) is 33.5 Å². The summed E-state index contributed by atoms with van der Waals surface area (Å²) in [6.07, 6.45) is 5.66. The Hall–Kier alpha value is -0.220. The molecule has 0 aliphatic heterocycles. The second-order valence-electron chi connectivity index (χ2n) is 5.80. The van der Waals surface area contributed by atoms with Crippen LogP contribution >= 0.6 is 53.8 Å². The number of rotatable bonds is 11. The van der Waals surface area contributed by atoms with Crippen molar-refractivity contribution in [3.8, 4) is 0 Å². The highest BCUT2D eigenvalue weighted by Crippen LogP contribution is 2.27. The van der Waals surface area contributed by atoms with Gasteiger partial charge in [0.1, 0.15) is 5.02 Å². The predicted octanol–water partition coefficient (Wildman–Crippen LogP) is 5.94. The molecule has 0 aliphatic carbocycles. The number of aryl methyl sites for hydroxylation is 2. The molecule has 8 heteroatoms. The molecular weight excluding hydrogens is 503 g/mol. The van der Waals surface area contributed by atoms with Gasteiger partial charge in [0.05, 0.1) is 26.9 Å². The van der Waals surface area contributed by atoms with E-state index in [4.69, 9.17) is 15.8 Å². The van der Waals surface area contributed by atoms with Crippen LogP contribution < -0.4 is 5.56 Å². The zero-order valence-electron chi connectivity index (χ0n) is 14.6. The van der Waals surface area contributed by atoms with Crippen LogP contribution in [0.3, 0.4) is 0 Å². The maximum Gasteiger partial charge on any atom is 0.286 e. The lowest BCUT2D eigenvalue weighted by Crippen LogP contribution is -2.23. The van der Waals surface area contributed by atoms with Crippen molar-refractivity contribution in [3.05, 3.63) is 57.0 Å². The van der Waals surface area contributed by atoms with Gasteiger partial charge in [-0.2, -0.15) is 5.10 Å². The Morgan fingerprint density at radius 2 is 1.96 bits per heavy atom. The molecule has 26 heavy (non-hydrogen) atoms. The summed E-state index contributed by atoms with van der Waals surface area (Å²) in [5, 5.41) is 4.51. The highest BCUT2D eigenvalue weighted by atomic mass is 127. The molecule has 0 unspecified atom stereocenters. The Labute approximate surface area is 180 Å². The molecular formula is C18H22ClIN2O2S2. The van der Waals surface area contributed by atoms with Gasteiger partial charge in [-0.1, -0.05) is 49.2 Å². The Bertz CT molecular complexity index is 741. The highest BCUT2D eigenvalue weighted by Gasteiger charge is 2.10. The summed E-state index contributed by atoms with van der Waals surface area (Å²) in [5.74, 6) is 0.759. The van der Waals surface area contributed by atoms with Gasteiger partial charge < -0.3 is 4.18 Å². The molecule has 0 radical (unpaired) electrons. The molecule has 0 spiro atoms. The van der Waals surface area contributed by atoms with Crippen LogP contribution in [0.25, 0.3) is 0 Å². The second-order valence-corrected chi connectivity index (χ2v) is 8.63. The van der Waals surface area contributed by atoms with Gasteiger partial charge in [0.25, 0.3) is 5.56 Å². The molecule has 0 saturated carbocycles. The predicted molar refractivity (Wildman–Crippen MR) is 120 cm³/mol. The number of halogens is 2. The van der Waals surface area contributed by atoms with E-state index in [1.165, 1.54) is 25.0 Å². The molecule has 4 nitrogen and oxygen atoms in total. The first kappa shape index (κ1) is 22.1. The van der Waals surface area contributed by atoms with E-state index in [2.05, 4.69) is 57.5 Å². The fraction of sp³-hybridized carbons (Fsp3) is 0.444. The summed E-state index contributed by atoms with van der Waals surface area (Å²) >= 11 is 9.92. The van der Waals surface area contributed by atoms with Crippen molar-refractivity contribution in [2.75, 3.05) is 6.61 Å². The van der Waals surface area contributed by atoms with E-state index in [1.807, 2.05) is 0 Å². The first-order valence-electron chi connectivity index (χ1n) is 8.52. The van der Waals surface area contributed by atoms with Crippen LogP contribution in [-0.2, 0) is 22.9 Å². The molecule has 2 aromatic rings. The minimum Gasteiger partial charge on any atom is -0.305 e. The lowest BCUT2D eigenvalue weighted by molar-refractivity contribution is 0.371. The van der Waals surface area contributed by atoms with Crippen LogP contribution in [0.4, 0.5) is 0 Å². The number of benzene rings is 1. The fourth-order valence-corrected chi connectivity index (χ4v) is 4.23. The van der Waals surface area contributed by atoms with Crippen molar-refractivity contribution in [1.29, 1.82) is 0 Å². The quantitative estimate of drug-likeness (QED) is 0.158. The van der Waals surface area contributed by atoms with Crippen LogP contribution in [0.2, 0.25) is 5.02 Å². The van der Waals surface area contributed by atoms with E-state index in [-0.39, 0.29) is 10.6 Å². The van der Waals surface area contributed by atoms with E-state index < -0.39 is 0 Å². The third-order valence-corrected chi connectivity index (χ3v) is 6.43. The van der Waals surface area contributed by atoms with Crippen LogP contribution in [0, 0.1) is 0 Å². The number of unbranched alkanes of at least 4 members (excludes halogenated alkanes) is 1. The number of aromatic nitrogens is 2. The summed E-state index contributed by atoms with van der Waals surface area (Å²) in [5.41, 5.74) is 2.30. The zero-order valence-corrected chi connectivity index (χ0v) is 19.2. The molecule has 0 aliphatic rings. The van der Waals surface area contributed by atoms with Gasteiger partial charge in [-0.3, -0.25) is 4.79 Å². The molecule has 2 rings (SSSR count). The van der Waals surface area contributed by atoms with Crippen molar-refractivity contribution in [2.24, 2.45) is 0 Å². The summed E-state index contributed by atoms with van der Waals surface area (Å²) in [6.45, 7) is 3.46. The lowest BCUT2D eigenvalue weighted by Gasteiger charge is -2.08. The maximum absolute atomic E-state index is 12.2. The van der Waals surface area contributed by atoms with Gasteiger partial charge in [-0.15, -0.1) is 11.8 Å². The van der Waals surface area contributed by atoms with Gasteiger partial charge in [0.15, 0.2) is 0 Å². The van der Waals surface area contributed by atoms with E-state index in [0.717, 1.165) is 42.9 Å². The normalized spacial score (nSPS) is 11.0. The van der Waals surface area contributed by atoms with Crippen molar-refractivity contribution in [3.63, 3.8) is 0 Å². The Morgan fingerprint density at radius 3 is 2.65 bits per heavy atom. The molecule has 1 aromatic carbocycles. The average molecular weight is 525 g/mol. The molecule has 1 heterocycles. The molecule has 0 amide bonds. The highest BCUT2D eigenvalue weighted by molar-refractivity contribution is 14.2. The van der Waals surface area contributed by atoms with E-state index in [0.29, 0.717) is 6.54 Å². The second kappa shape index (κ2) is 12.3. The third kappa shape index (κ3) is 7.07. The molecule has 0 atom stereocenters. The Kier molecular flexibility index (Phi) is 10.4. The summed E-state index contributed by atoms with van der Waals surface area (Å²) in [4.78, 5) is 13.0. The van der Waals surface area contributed by atoms with Gasteiger partial charge in [-0.25, -0.2) is 4.68 Å². The monoisotopic (exact) mass is 524 g/mol. The largest absolute Gasteiger partial charge is 0.305 e. The van der Waals surface area contributed by atoms with Gasteiger partial charge in [0.2, 0.25) is 0 Å². The van der Waals surface area contributed by atoms with Crippen LogP contribution in [0.1, 0.15) is 37.3 Å². The summed E-state index contributed by atoms with van der Waals surface area (Å²) in [6, 6.07) is 8.55. The van der Waals surface area contributed by atoms with Crippen molar-refractivity contribution in [2.45, 2.75) is 49.8 Å². The first-order valence-corrected chi connectivity index (χ1v) is 13.2. The minimum atomic E-state index is -0.202. The molecule has 0 bridgehead atoms. The van der Waals surface area contributed by atoms with E-state index in [1.54, 1.807) is 18.0 Å². The number of hydrogen-bond acceptors (Lipinski definition) is 5. The fourth-order valence-electron chi connectivity index (χ4n) is 2.35. The van der Waals surface area contributed by atoms with Crippen molar-refractivity contribution < 1.29 is 4.18 Å². The Balaban J connectivity index is 1.90. The molecule has 142 valence electrons. The number of nitrogens with zero attached hydrogens (tertiary/aromatic N) is 2. The van der Waals surface area contributed by atoms with Crippen molar-refractivity contribution in [1.82, 2.24) is 9.78 Å². The lowest BCUT2D eigenvalue weighted by atomic mass is 10.1. The minimum absolute atomic E-state index is 0.202. The van der Waals surface area contributed by atoms with E-state index >= 15 is 0 Å². The maximum atomic E-state index is 12.2. The standard InChI is InChI=1S/C18H22ClIN2O2S2/c1-2-3-10-22-18(23)17(19)16(12-21-22)25-13-15-8-6-14(7-9-15)5-4-11-24-26-20/h6-9,12H,2-5,10-11,13H2,1H3. The Morgan fingerprint density at radius 1 is 1.23 bits per heavy atom. The van der Waals surface area contributed by atoms with Crippen LogP contribution in [0.15, 0.2) is 40.2 Å². The molecule has 0 fully saturated rings. The van der Waals surface area contributed by atoms with Gasteiger partial charge >= 0.3 is 0 Å². The number of thioether (sulfide) groups is 1. The molecule has 0 N–H and O–H groups in total. The van der Waals surface area contributed by atoms with Crippen molar-refractivity contribution >= 4 is 53.8 Å². The molecule has 0 saturated heterocycles. The van der Waals surface area contributed by atoms with Gasteiger partial charge in [-0.05, 0) is 30.4 Å². The topological polar surface area (TPSA) is 44.1 Å². The first-order chi connectivity index (χ1) is 12.7. The SMILES string of the molecule is CCCCn1ncc(SCc2ccc(CCCOSI)cc2)c(Cl)c1=O. The number of hydrogen-bond donors (Lipinski definition) is 0. The van der Waals surface area contributed by atoms with E-state index in [9.17, 15) is 4.79 Å². The zero-order chi connectivity index (χ0) is 18.8. The molecule has 1 aromatic heterocycles. The summed E-state index contributed by atoms with van der Waals surface area (Å²) < 4.78 is 6.72. The van der Waals surface area contributed by atoms with Crippen LogP contribution in [0.5, 0.6) is 0 Å². The smallest absolute Gasteiger partial charge is 0.286 e. The average Bonchev–Trinajstić information content (AvgIpc) is 2.66.